The molecule has 88 valence electrons. The third-order valence-electron chi connectivity index (χ3n) is 2.39. The van der Waals surface area contributed by atoms with Crippen molar-refractivity contribution in [3.8, 4) is 0 Å². The molecule has 0 bridgehead atoms. The lowest BCUT2D eigenvalue weighted by Gasteiger charge is -2.19. The van der Waals surface area contributed by atoms with E-state index in [4.69, 9.17) is 9.16 Å². The Hall–Kier alpha value is -0.613. The minimum Gasteiger partial charge on any atom is -0.463 e. The summed E-state index contributed by atoms with van der Waals surface area (Å²) in [5, 5.41) is 0. The van der Waals surface area contributed by atoms with E-state index in [1.165, 1.54) is 12.1 Å². The Morgan fingerprint density at radius 2 is 2.00 bits per heavy atom. The first-order chi connectivity index (χ1) is 7.02. The number of carbonyl (C=O) groups excluding carboxylic acids is 1. The maximum Gasteiger partial charge on any atom is 0.330 e. The van der Waals surface area contributed by atoms with E-state index in [2.05, 4.69) is 19.7 Å². The van der Waals surface area contributed by atoms with Gasteiger partial charge in [0.05, 0.1) is 6.61 Å². The molecule has 0 rings (SSSR count). The fourth-order valence-corrected chi connectivity index (χ4v) is 2.47. The van der Waals surface area contributed by atoms with Gasteiger partial charge in [0.2, 0.25) is 0 Å². The lowest BCUT2D eigenvalue weighted by atomic mass is 10.3. The smallest absolute Gasteiger partial charge is 0.330 e. The van der Waals surface area contributed by atoms with Crippen molar-refractivity contribution in [1.29, 1.82) is 0 Å². The van der Waals surface area contributed by atoms with Crippen LogP contribution in [0.15, 0.2) is 12.7 Å². The highest BCUT2D eigenvalue weighted by Gasteiger charge is 2.19. The van der Waals surface area contributed by atoms with Crippen LogP contribution in [-0.2, 0) is 14.0 Å². The van der Waals surface area contributed by atoms with Gasteiger partial charge in [-0.2, -0.15) is 0 Å². The molecule has 0 unspecified atom stereocenters. The molecule has 15 heavy (non-hydrogen) atoms. The van der Waals surface area contributed by atoms with E-state index >= 15 is 0 Å². The molecule has 0 saturated carbocycles. The molecular formula is C11H22O3Si. The molecule has 0 fully saturated rings. The highest BCUT2D eigenvalue weighted by atomic mass is 28.4. The molecule has 0 atom stereocenters. The molecular weight excluding hydrogens is 208 g/mol. The summed E-state index contributed by atoms with van der Waals surface area (Å²) in [5.74, 6) is -0.332. The van der Waals surface area contributed by atoms with Crippen molar-refractivity contribution in [2.75, 3.05) is 13.7 Å². The Morgan fingerprint density at radius 1 is 1.33 bits per heavy atom. The minimum atomic E-state index is -1.39. The third kappa shape index (κ3) is 8.39. The Bertz CT molecular complexity index is 202. The fraction of sp³-hybridized carbons (Fsp3) is 0.727. The Kier molecular flexibility index (Phi) is 7.34. The van der Waals surface area contributed by atoms with Gasteiger partial charge in [-0.05, 0) is 25.6 Å². The van der Waals surface area contributed by atoms with Gasteiger partial charge >= 0.3 is 5.97 Å². The zero-order chi connectivity index (χ0) is 11.7. The molecule has 0 amide bonds. The van der Waals surface area contributed by atoms with Crippen LogP contribution >= 0.6 is 0 Å². The predicted octanol–water partition coefficient (Wildman–Crippen LogP) is 2.74. The number of hydrogen-bond donors (Lipinski definition) is 0. The summed E-state index contributed by atoms with van der Waals surface area (Å²) in [5.41, 5.74) is 0. The topological polar surface area (TPSA) is 35.5 Å². The second kappa shape index (κ2) is 7.65. The first-order valence-electron chi connectivity index (χ1n) is 5.36. The van der Waals surface area contributed by atoms with Gasteiger partial charge < -0.3 is 9.16 Å². The van der Waals surface area contributed by atoms with E-state index in [1.807, 2.05) is 0 Å². The summed E-state index contributed by atoms with van der Waals surface area (Å²) < 4.78 is 10.3. The fourth-order valence-electron chi connectivity index (χ4n) is 1.16. The monoisotopic (exact) mass is 230 g/mol. The maximum atomic E-state index is 10.7. The first-order valence-corrected chi connectivity index (χ1v) is 8.48. The van der Waals surface area contributed by atoms with E-state index in [0.29, 0.717) is 6.61 Å². The number of ether oxygens (including phenoxy) is 1. The van der Waals surface area contributed by atoms with Gasteiger partial charge in [-0.1, -0.05) is 19.4 Å². The molecule has 0 aromatic carbocycles. The van der Waals surface area contributed by atoms with Crippen LogP contribution in [0.1, 0.15) is 19.3 Å². The van der Waals surface area contributed by atoms with Crippen LogP contribution < -0.4 is 0 Å². The number of unbranched alkanes of at least 4 members (excludes halogenated alkanes) is 2. The van der Waals surface area contributed by atoms with Gasteiger partial charge in [0.1, 0.15) is 0 Å². The molecule has 0 aliphatic carbocycles. The zero-order valence-electron chi connectivity index (χ0n) is 10.0. The Labute approximate surface area is 93.6 Å². The molecule has 0 saturated heterocycles. The lowest BCUT2D eigenvalue weighted by molar-refractivity contribution is -0.137. The summed E-state index contributed by atoms with van der Waals surface area (Å²) in [6.07, 6.45) is 4.36. The second-order valence-electron chi connectivity index (χ2n) is 4.15. The predicted molar refractivity (Wildman–Crippen MR) is 64.3 cm³/mol. The van der Waals surface area contributed by atoms with Crippen molar-refractivity contribution >= 4 is 14.3 Å². The standard InChI is InChI=1S/C11H22O3Si/c1-5-11(12)14-9-7-6-8-10-15(3,4)13-2/h5H,1,6-10H2,2-4H3. The maximum absolute atomic E-state index is 10.7. The molecule has 0 aromatic rings. The van der Waals surface area contributed by atoms with Gasteiger partial charge in [0, 0.05) is 13.2 Å². The van der Waals surface area contributed by atoms with Crippen LogP contribution in [0, 0.1) is 0 Å². The number of hydrogen-bond acceptors (Lipinski definition) is 3. The lowest BCUT2D eigenvalue weighted by Crippen LogP contribution is -2.27. The average molecular weight is 230 g/mol. The van der Waals surface area contributed by atoms with E-state index < -0.39 is 8.32 Å². The molecule has 3 nitrogen and oxygen atoms in total. The molecule has 0 radical (unpaired) electrons. The second-order valence-corrected chi connectivity index (χ2v) is 8.57. The van der Waals surface area contributed by atoms with Gasteiger partial charge in [-0.3, -0.25) is 0 Å². The van der Waals surface area contributed by atoms with Crippen LogP contribution in [0.4, 0.5) is 0 Å². The molecule has 0 aliphatic rings. The quantitative estimate of drug-likeness (QED) is 0.278. The van der Waals surface area contributed by atoms with Crippen molar-refractivity contribution in [3.05, 3.63) is 12.7 Å². The van der Waals surface area contributed by atoms with Gasteiger partial charge in [-0.25, -0.2) is 4.79 Å². The van der Waals surface area contributed by atoms with Gasteiger partial charge in [-0.15, -0.1) is 0 Å². The SMILES string of the molecule is C=CC(=O)OCCCCC[Si](C)(C)OC. The molecule has 0 aliphatic heterocycles. The largest absolute Gasteiger partial charge is 0.463 e. The molecule has 0 spiro atoms. The van der Waals surface area contributed by atoms with Crippen molar-refractivity contribution in [2.24, 2.45) is 0 Å². The molecule has 0 heterocycles. The van der Waals surface area contributed by atoms with E-state index in [-0.39, 0.29) is 5.97 Å². The highest BCUT2D eigenvalue weighted by Crippen LogP contribution is 2.14. The normalized spacial score (nSPS) is 11.1. The van der Waals surface area contributed by atoms with Crippen molar-refractivity contribution in [1.82, 2.24) is 0 Å². The average Bonchev–Trinajstić information content (AvgIpc) is 2.22. The molecule has 0 N–H and O–H groups in total. The summed E-state index contributed by atoms with van der Waals surface area (Å²) >= 11 is 0. The number of esters is 1. The summed E-state index contributed by atoms with van der Waals surface area (Å²) in [6, 6.07) is 1.17. The van der Waals surface area contributed by atoms with Gasteiger partial charge in [0.25, 0.3) is 0 Å². The van der Waals surface area contributed by atoms with Crippen LogP contribution in [0.3, 0.4) is 0 Å². The minimum absolute atomic E-state index is 0.332. The van der Waals surface area contributed by atoms with Gasteiger partial charge in [0.15, 0.2) is 8.32 Å². The van der Waals surface area contributed by atoms with E-state index in [9.17, 15) is 4.79 Å². The van der Waals surface area contributed by atoms with Crippen molar-refractivity contribution in [2.45, 2.75) is 38.4 Å². The summed E-state index contributed by atoms with van der Waals surface area (Å²) in [4.78, 5) is 10.7. The van der Waals surface area contributed by atoms with Crippen LogP contribution in [-0.4, -0.2) is 28.0 Å². The summed E-state index contributed by atoms with van der Waals surface area (Å²) in [6.45, 7) is 8.26. The van der Waals surface area contributed by atoms with Crippen LogP contribution in [0.2, 0.25) is 19.1 Å². The Balaban J connectivity index is 3.32. The first kappa shape index (κ1) is 14.4. The van der Waals surface area contributed by atoms with Crippen molar-refractivity contribution in [3.63, 3.8) is 0 Å². The number of carbonyl (C=O) groups is 1. The molecule has 4 heteroatoms. The summed E-state index contributed by atoms with van der Waals surface area (Å²) in [7, 11) is 0.400. The van der Waals surface area contributed by atoms with Crippen LogP contribution in [0.5, 0.6) is 0 Å². The third-order valence-corrected chi connectivity index (χ3v) is 5.05. The Morgan fingerprint density at radius 3 is 2.53 bits per heavy atom. The van der Waals surface area contributed by atoms with E-state index in [0.717, 1.165) is 19.3 Å². The number of rotatable bonds is 8. The highest BCUT2D eigenvalue weighted by molar-refractivity contribution is 6.71. The molecule has 0 aromatic heterocycles. The zero-order valence-corrected chi connectivity index (χ0v) is 11.0. The van der Waals surface area contributed by atoms with Crippen molar-refractivity contribution < 1.29 is 14.0 Å². The van der Waals surface area contributed by atoms with E-state index in [1.54, 1.807) is 7.11 Å². The van der Waals surface area contributed by atoms with Crippen LogP contribution in [0.25, 0.3) is 0 Å².